The van der Waals surface area contributed by atoms with Crippen LogP contribution in [0.2, 0.25) is 0 Å². The molecule has 4 heteroatoms. The first-order chi connectivity index (χ1) is 9.93. The molecule has 0 amide bonds. The summed E-state index contributed by atoms with van der Waals surface area (Å²) in [6.07, 6.45) is 3.53. The zero-order valence-electron chi connectivity index (χ0n) is 13.8. The van der Waals surface area contributed by atoms with Crippen molar-refractivity contribution < 1.29 is 9.53 Å². The van der Waals surface area contributed by atoms with Gasteiger partial charge in [-0.1, -0.05) is 27.7 Å². The maximum absolute atomic E-state index is 12.0. The van der Waals surface area contributed by atoms with Gasteiger partial charge in [-0.3, -0.25) is 4.79 Å². The minimum Gasteiger partial charge on any atom is -0.489 e. The number of nitrogens with one attached hydrogen (secondary N) is 1. The van der Waals surface area contributed by atoms with Gasteiger partial charge in [0.25, 0.3) is 0 Å². The highest BCUT2D eigenvalue weighted by atomic mass is 16.5. The van der Waals surface area contributed by atoms with Crippen molar-refractivity contribution in [2.75, 3.05) is 6.54 Å². The summed E-state index contributed by atoms with van der Waals surface area (Å²) in [7, 11) is 0. The van der Waals surface area contributed by atoms with Crippen LogP contribution in [0.4, 0.5) is 0 Å². The van der Waals surface area contributed by atoms with E-state index in [1.165, 1.54) is 0 Å². The second kappa shape index (κ2) is 8.78. The Bertz CT molecular complexity index is 429. The Labute approximate surface area is 128 Å². The molecule has 0 aliphatic rings. The number of ketones is 1. The fraction of sp³-hybridized carbons (Fsp3) is 0.647. The Morgan fingerprint density at radius 3 is 2.52 bits per heavy atom. The summed E-state index contributed by atoms with van der Waals surface area (Å²) in [6, 6.07) is 4.07. The molecule has 21 heavy (non-hydrogen) atoms. The van der Waals surface area contributed by atoms with Crippen LogP contribution in [0.15, 0.2) is 18.3 Å². The Morgan fingerprint density at radius 1 is 1.29 bits per heavy atom. The molecule has 0 aliphatic carbocycles. The molecular weight excluding hydrogens is 264 g/mol. The van der Waals surface area contributed by atoms with E-state index in [1.54, 1.807) is 12.3 Å². The van der Waals surface area contributed by atoms with E-state index < -0.39 is 0 Å². The molecular formula is C17H28N2O2. The molecule has 1 N–H and O–H groups in total. The topological polar surface area (TPSA) is 51.2 Å². The Balaban J connectivity index is 2.49. The zero-order chi connectivity index (χ0) is 15.8. The molecule has 4 nitrogen and oxygen atoms in total. The Kier molecular flexibility index (Phi) is 7.37. The van der Waals surface area contributed by atoms with E-state index in [0.717, 1.165) is 19.4 Å². The summed E-state index contributed by atoms with van der Waals surface area (Å²) in [5.74, 6) is 0.830. The third-order valence-electron chi connectivity index (χ3n) is 3.49. The molecule has 0 spiro atoms. The molecule has 1 heterocycles. The molecule has 0 radical (unpaired) electrons. The molecule has 0 aliphatic heterocycles. The van der Waals surface area contributed by atoms with Crippen molar-refractivity contribution in [3.05, 3.63) is 24.0 Å². The van der Waals surface area contributed by atoms with E-state index >= 15 is 0 Å². The number of pyridine rings is 1. The van der Waals surface area contributed by atoms with Crippen LogP contribution in [-0.4, -0.2) is 29.5 Å². The lowest BCUT2D eigenvalue weighted by Gasteiger charge is -2.16. The predicted octanol–water partition coefficient (Wildman–Crippen LogP) is 3.47. The number of hydrogen-bond donors (Lipinski definition) is 1. The first-order valence-corrected chi connectivity index (χ1v) is 7.84. The second-order valence-corrected chi connectivity index (χ2v) is 5.88. The minimum absolute atomic E-state index is 0.0188. The highest BCUT2D eigenvalue weighted by Crippen LogP contribution is 2.15. The third-order valence-corrected chi connectivity index (χ3v) is 3.49. The van der Waals surface area contributed by atoms with E-state index in [9.17, 15) is 4.79 Å². The fourth-order valence-corrected chi connectivity index (χ4v) is 1.90. The van der Waals surface area contributed by atoms with Crippen molar-refractivity contribution in [2.24, 2.45) is 5.92 Å². The predicted molar refractivity (Wildman–Crippen MR) is 85.9 cm³/mol. The van der Waals surface area contributed by atoms with Crippen LogP contribution < -0.4 is 10.1 Å². The van der Waals surface area contributed by atoms with Gasteiger partial charge in [-0.25, -0.2) is 4.98 Å². The summed E-state index contributed by atoms with van der Waals surface area (Å²) in [5, 5.41) is 3.36. The molecule has 0 saturated heterocycles. The van der Waals surface area contributed by atoms with E-state index in [1.807, 2.05) is 26.8 Å². The number of carbonyl (C=O) groups excluding carboxylic acids is 1. The van der Waals surface area contributed by atoms with Gasteiger partial charge in [0.2, 0.25) is 0 Å². The van der Waals surface area contributed by atoms with Crippen LogP contribution >= 0.6 is 0 Å². The lowest BCUT2D eigenvalue weighted by atomic mass is 10.0. The quantitative estimate of drug-likeness (QED) is 0.708. The summed E-state index contributed by atoms with van der Waals surface area (Å²) in [6.45, 7) is 11.2. The maximum Gasteiger partial charge on any atom is 0.183 e. The van der Waals surface area contributed by atoms with Crippen molar-refractivity contribution in [3.8, 4) is 5.75 Å². The van der Waals surface area contributed by atoms with Crippen molar-refractivity contribution in [1.82, 2.24) is 10.3 Å². The van der Waals surface area contributed by atoms with Crippen LogP contribution in [0, 0.1) is 5.92 Å². The molecule has 1 rings (SSSR count). The molecule has 0 saturated carbocycles. The zero-order valence-corrected chi connectivity index (χ0v) is 13.8. The van der Waals surface area contributed by atoms with Gasteiger partial charge in [-0.05, 0) is 38.4 Å². The molecule has 0 bridgehead atoms. The van der Waals surface area contributed by atoms with Gasteiger partial charge in [0.1, 0.15) is 11.4 Å². The van der Waals surface area contributed by atoms with Gasteiger partial charge in [0, 0.05) is 12.0 Å². The van der Waals surface area contributed by atoms with Crippen LogP contribution in [0.1, 0.15) is 57.9 Å². The molecule has 1 aromatic rings. The monoisotopic (exact) mass is 292 g/mol. The molecule has 118 valence electrons. The van der Waals surface area contributed by atoms with Gasteiger partial charge in [-0.2, -0.15) is 0 Å². The molecule has 0 aromatic carbocycles. The van der Waals surface area contributed by atoms with Gasteiger partial charge in [-0.15, -0.1) is 0 Å². The van der Waals surface area contributed by atoms with Crippen molar-refractivity contribution >= 4 is 5.78 Å². The van der Waals surface area contributed by atoms with E-state index in [0.29, 0.717) is 17.5 Å². The van der Waals surface area contributed by atoms with Crippen molar-refractivity contribution in [2.45, 2.75) is 59.6 Å². The maximum atomic E-state index is 12.0. The first kappa shape index (κ1) is 17.6. The van der Waals surface area contributed by atoms with Crippen LogP contribution in [0.5, 0.6) is 5.75 Å². The van der Waals surface area contributed by atoms with Crippen molar-refractivity contribution in [3.63, 3.8) is 0 Å². The van der Waals surface area contributed by atoms with E-state index in [-0.39, 0.29) is 17.8 Å². The standard InChI is InChI=1S/C17H28N2O2/c1-6-13(4)17(20)16-8-7-15(11-19-16)21-14(5)9-10-18-12(2)3/h7-8,11-14,18H,6,9-10H2,1-5H3. The minimum atomic E-state index is 0.0188. The third kappa shape index (κ3) is 6.25. The smallest absolute Gasteiger partial charge is 0.183 e. The Morgan fingerprint density at radius 2 is 2.00 bits per heavy atom. The lowest BCUT2D eigenvalue weighted by molar-refractivity contribution is 0.0922. The van der Waals surface area contributed by atoms with Crippen LogP contribution in [-0.2, 0) is 0 Å². The summed E-state index contributed by atoms with van der Waals surface area (Å²) in [4.78, 5) is 16.2. The Hall–Kier alpha value is -1.42. The normalized spacial score (nSPS) is 14.0. The molecule has 2 atom stereocenters. The van der Waals surface area contributed by atoms with Gasteiger partial charge >= 0.3 is 0 Å². The van der Waals surface area contributed by atoms with Gasteiger partial charge in [0.15, 0.2) is 5.78 Å². The number of rotatable bonds is 9. The van der Waals surface area contributed by atoms with Crippen molar-refractivity contribution in [1.29, 1.82) is 0 Å². The highest BCUT2D eigenvalue weighted by Gasteiger charge is 2.14. The van der Waals surface area contributed by atoms with Gasteiger partial charge < -0.3 is 10.1 Å². The number of nitrogens with zero attached hydrogens (tertiary/aromatic N) is 1. The second-order valence-electron chi connectivity index (χ2n) is 5.88. The summed E-state index contributed by atoms with van der Waals surface area (Å²) < 4.78 is 5.80. The lowest BCUT2D eigenvalue weighted by Crippen LogP contribution is -2.27. The van der Waals surface area contributed by atoms with Gasteiger partial charge in [0.05, 0.1) is 12.3 Å². The average molecular weight is 292 g/mol. The number of carbonyl (C=O) groups is 1. The molecule has 0 fully saturated rings. The van der Waals surface area contributed by atoms with Crippen LogP contribution in [0.3, 0.4) is 0 Å². The largest absolute Gasteiger partial charge is 0.489 e. The highest BCUT2D eigenvalue weighted by molar-refractivity contribution is 5.95. The number of ether oxygens (including phenoxy) is 1. The summed E-state index contributed by atoms with van der Waals surface area (Å²) in [5.41, 5.74) is 0.519. The van der Waals surface area contributed by atoms with E-state index in [2.05, 4.69) is 24.1 Å². The number of hydrogen-bond acceptors (Lipinski definition) is 4. The molecule has 2 unspecified atom stereocenters. The number of aromatic nitrogens is 1. The SMILES string of the molecule is CCC(C)C(=O)c1ccc(OC(C)CCNC(C)C)cn1. The first-order valence-electron chi connectivity index (χ1n) is 7.84. The molecule has 1 aromatic heterocycles. The van der Waals surface area contributed by atoms with Crippen LogP contribution in [0.25, 0.3) is 0 Å². The summed E-state index contributed by atoms with van der Waals surface area (Å²) >= 11 is 0. The fourth-order valence-electron chi connectivity index (χ4n) is 1.90. The number of Topliss-reactive ketones (excluding diaryl/α,β-unsaturated/α-hetero) is 1. The van der Waals surface area contributed by atoms with E-state index in [4.69, 9.17) is 4.74 Å². The average Bonchev–Trinajstić information content (AvgIpc) is 2.46.